The standard InChI is InChI=1S/C16H14ClFN4O/c17-6-5-12-9-19-15-7-14(21-22(15)10-12)16(23)20-8-11-1-3-13(18)4-2-11/h1-4,7,9-10H,5-6,8H2,(H,20,23). The molecule has 0 saturated heterocycles. The first-order chi connectivity index (χ1) is 11.2. The molecule has 118 valence electrons. The Labute approximate surface area is 137 Å². The summed E-state index contributed by atoms with van der Waals surface area (Å²) in [5.41, 5.74) is 2.64. The number of amides is 1. The van der Waals surface area contributed by atoms with Crippen LogP contribution < -0.4 is 5.32 Å². The summed E-state index contributed by atoms with van der Waals surface area (Å²) < 4.78 is 14.4. The molecular weight excluding hydrogens is 319 g/mol. The first-order valence-corrected chi connectivity index (χ1v) is 7.62. The minimum atomic E-state index is -0.307. The Kier molecular flexibility index (Phi) is 4.52. The van der Waals surface area contributed by atoms with E-state index in [9.17, 15) is 9.18 Å². The molecule has 0 spiro atoms. The molecule has 0 fully saturated rings. The highest BCUT2D eigenvalue weighted by Gasteiger charge is 2.11. The van der Waals surface area contributed by atoms with Gasteiger partial charge in [0.1, 0.15) is 5.82 Å². The van der Waals surface area contributed by atoms with Crippen molar-refractivity contribution in [2.45, 2.75) is 13.0 Å². The van der Waals surface area contributed by atoms with Crippen molar-refractivity contribution in [2.24, 2.45) is 0 Å². The number of rotatable bonds is 5. The van der Waals surface area contributed by atoms with E-state index in [1.807, 2.05) is 6.20 Å². The lowest BCUT2D eigenvalue weighted by Gasteiger charge is -2.03. The van der Waals surface area contributed by atoms with Crippen LogP contribution in [0, 0.1) is 5.82 Å². The zero-order chi connectivity index (χ0) is 16.2. The Morgan fingerprint density at radius 1 is 1.26 bits per heavy atom. The largest absolute Gasteiger partial charge is 0.347 e. The van der Waals surface area contributed by atoms with Gasteiger partial charge in [0.25, 0.3) is 5.91 Å². The molecule has 0 aliphatic rings. The maximum absolute atomic E-state index is 12.8. The summed E-state index contributed by atoms with van der Waals surface area (Å²) in [5.74, 6) is -0.114. The molecule has 0 unspecified atom stereocenters. The maximum atomic E-state index is 12.8. The molecule has 1 N–H and O–H groups in total. The number of carbonyl (C=O) groups excluding carboxylic acids is 1. The summed E-state index contributed by atoms with van der Waals surface area (Å²) >= 11 is 5.71. The quantitative estimate of drug-likeness (QED) is 0.731. The van der Waals surface area contributed by atoms with Gasteiger partial charge in [-0.2, -0.15) is 5.10 Å². The van der Waals surface area contributed by atoms with Crippen LogP contribution in [0.25, 0.3) is 5.65 Å². The van der Waals surface area contributed by atoms with Crippen LogP contribution in [-0.2, 0) is 13.0 Å². The molecule has 2 aromatic heterocycles. The molecule has 0 atom stereocenters. The van der Waals surface area contributed by atoms with E-state index < -0.39 is 0 Å². The lowest BCUT2D eigenvalue weighted by Crippen LogP contribution is -2.23. The second kappa shape index (κ2) is 6.75. The summed E-state index contributed by atoms with van der Waals surface area (Å²) in [6.07, 6.45) is 4.22. The number of fused-ring (bicyclic) bond motifs is 1. The monoisotopic (exact) mass is 332 g/mol. The number of nitrogens with zero attached hydrogens (tertiary/aromatic N) is 3. The van der Waals surface area contributed by atoms with Crippen molar-refractivity contribution in [3.05, 3.63) is 65.4 Å². The fourth-order valence-electron chi connectivity index (χ4n) is 2.14. The molecule has 3 aromatic rings. The Morgan fingerprint density at radius 2 is 2.04 bits per heavy atom. The minimum Gasteiger partial charge on any atom is -0.347 e. The maximum Gasteiger partial charge on any atom is 0.272 e. The van der Waals surface area contributed by atoms with E-state index >= 15 is 0 Å². The minimum absolute atomic E-state index is 0.280. The van der Waals surface area contributed by atoms with Crippen LogP contribution >= 0.6 is 11.6 Å². The van der Waals surface area contributed by atoms with E-state index in [1.165, 1.54) is 12.1 Å². The van der Waals surface area contributed by atoms with Crippen molar-refractivity contribution in [2.75, 3.05) is 5.88 Å². The fraction of sp³-hybridized carbons (Fsp3) is 0.188. The number of aromatic nitrogens is 3. The smallest absolute Gasteiger partial charge is 0.272 e. The second-order valence-electron chi connectivity index (χ2n) is 5.04. The molecule has 1 aromatic carbocycles. The number of benzene rings is 1. The summed E-state index contributed by atoms with van der Waals surface area (Å²) in [6.45, 7) is 0.303. The van der Waals surface area contributed by atoms with Crippen LogP contribution in [0.1, 0.15) is 21.6 Å². The van der Waals surface area contributed by atoms with Gasteiger partial charge in [0.15, 0.2) is 11.3 Å². The molecule has 2 heterocycles. The molecule has 3 rings (SSSR count). The van der Waals surface area contributed by atoms with Crippen molar-refractivity contribution >= 4 is 23.2 Å². The van der Waals surface area contributed by atoms with Crippen LogP contribution in [0.3, 0.4) is 0 Å². The van der Waals surface area contributed by atoms with Crippen LogP contribution in [-0.4, -0.2) is 26.4 Å². The Balaban J connectivity index is 1.71. The lowest BCUT2D eigenvalue weighted by molar-refractivity contribution is 0.0945. The van der Waals surface area contributed by atoms with Gasteiger partial charge in [0.2, 0.25) is 0 Å². The first-order valence-electron chi connectivity index (χ1n) is 7.08. The number of hydrogen-bond donors (Lipinski definition) is 1. The summed E-state index contributed by atoms with van der Waals surface area (Å²) in [5, 5.41) is 6.97. The second-order valence-corrected chi connectivity index (χ2v) is 5.42. The van der Waals surface area contributed by atoms with Crippen LogP contribution in [0.5, 0.6) is 0 Å². The van der Waals surface area contributed by atoms with Crippen LogP contribution in [0.2, 0.25) is 0 Å². The van der Waals surface area contributed by atoms with Gasteiger partial charge in [-0.15, -0.1) is 11.6 Å². The third-order valence-corrected chi connectivity index (χ3v) is 3.54. The summed E-state index contributed by atoms with van der Waals surface area (Å²) in [4.78, 5) is 16.4. The molecular formula is C16H14ClFN4O. The van der Waals surface area contributed by atoms with Gasteiger partial charge in [0, 0.05) is 30.9 Å². The molecule has 7 heteroatoms. The van der Waals surface area contributed by atoms with E-state index in [0.29, 0.717) is 24.5 Å². The van der Waals surface area contributed by atoms with E-state index in [-0.39, 0.29) is 17.4 Å². The lowest BCUT2D eigenvalue weighted by atomic mass is 10.2. The number of carbonyl (C=O) groups is 1. The molecule has 0 aliphatic heterocycles. The van der Waals surface area contributed by atoms with Crippen molar-refractivity contribution in [1.82, 2.24) is 19.9 Å². The van der Waals surface area contributed by atoms with Gasteiger partial charge in [-0.25, -0.2) is 13.9 Å². The highest BCUT2D eigenvalue weighted by molar-refractivity contribution is 6.17. The Bertz CT molecular complexity index is 832. The predicted molar refractivity (Wildman–Crippen MR) is 85.0 cm³/mol. The van der Waals surface area contributed by atoms with Gasteiger partial charge < -0.3 is 5.32 Å². The third-order valence-electron chi connectivity index (χ3n) is 3.35. The van der Waals surface area contributed by atoms with Gasteiger partial charge in [-0.1, -0.05) is 12.1 Å². The highest BCUT2D eigenvalue weighted by Crippen LogP contribution is 2.08. The molecule has 0 aliphatic carbocycles. The van der Waals surface area contributed by atoms with Gasteiger partial charge in [0.05, 0.1) is 0 Å². The number of halogens is 2. The highest BCUT2D eigenvalue weighted by atomic mass is 35.5. The average Bonchev–Trinajstić information content (AvgIpc) is 2.98. The SMILES string of the molecule is O=C(NCc1ccc(F)cc1)c1cc2ncc(CCCl)cn2n1. The molecule has 0 saturated carbocycles. The first kappa shape index (κ1) is 15.4. The molecule has 0 radical (unpaired) electrons. The van der Waals surface area contributed by atoms with Crippen molar-refractivity contribution < 1.29 is 9.18 Å². The van der Waals surface area contributed by atoms with E-state index in [4.69, 9.17) is 11.6 Å². The summed E-state index contributed by atoms with van der Waals surface area (Å²) in [7, 11) is 0. The van der Waals surface area contributed by atoms with Crippen LogP contribution in [0.15, 0.2) is 42.7 Å². The van der Waals surface area contributed by atoms with E-state index in [0.717, 1.165) is 11.1 Å². The van der Waals surface area contributed by atoms with Crippen molar-refractivity contribution in [3.63, 3.8) is 0 Å². The fourth-order valence-corrected chi connectivity index (χ4v) is 2.36. The topological polar surface area (TPSA) is 59.3 Å². The zero-order valence-corrected chi connectivity index (χ0v) is 12.9. The van der Waals surface area contributed by atoms with Crippen molar-refractivity contribution in [1.29, 1.82) is 0 Å². The molecule has 5 nitrogen and oxygen atoms in total. The third kappa shape index (κ3) is 3.65. The molecule has 1 amide bonds. The number of hydrogen-bond acceptors (Lipinski definition) is 3. The molecule has 23 heavy (non-hydrogen) atoms. The predicted octanol–water partition coefficient (Wildman–Crippen LogP) is 2.58. The number of aryl methyl sites for hydroxylation is 1. The van der Waals surface area contributed by atoms with Gasteiger partial charge in [-0.3, -0.25) is 4.79 Å². The van der Waals surface area contributed by atoms with Crippen LogP contribution in [0.4, 0.5) is 4.39 Å². The normalized spacial score (nSPS) is 10.9. The van der Waals surface area contributed by atoms with E-state index in [2.05, 4.69) is 15.4 Å². The van der Waals surface area contributed by atoms with Gasteiger partial charge in [-0.05, 0) is 29.7 Å². The zero-order valence-electron chi connectivity index (χ0n) is 12.2. The average molecular weight is 333 g/mol. The number of alkyl halides is 1. The van der Waals surface area contributed by atoms with E-state index in [1.54, 1.807) is 28.9 Å². The number of nitrogens with one attached hydrogen (secondary N) is 1. The Morgan fingerprint density at radius 3 is 2.78 bits per heavy atom. The van der Waals surface area contributed by atoms with Crippen molar-refractivity contribution in [3.8, 4) is 0 Å². The van der Waals surface area contributed by atoms with Gasteiger partial charge >= 0.3 is 0 Å². The summed E-state index contributed by atoms with van der Waals surface area (Å²) in [6, 6.07) is 7.58. The Hall–Kier alpha value is -2.47. The molecule has 0 bridgehead atoms.